The number of aromatic nitrogens is 2. The summed E-state index contributed by atoms with van der Waals surface area (Å²) in [5, 5.41) is 16.4. The lowest BCUT2D eigenvalue weighted by Crippen LogP contribution is -2.29. The summed E-state index contributed by atoms with van der Waals surface area (Å²) in [6.07, 6.45) is 1.71. The molecule has 0 fully saturated rings. The molecule has 0 spiro atoms. The molecule has 2 aromatic rings. The van der Waals surface area contributed by atoms with Crippen molar-refractivity contribution in [1.82, 2.24) is 15.1 Å². The molecule has 0 saturated carbocycles. The van der Waals surface area contributed by atoms with Gasteiger partial charge >= 0.3 is 0 Å². The molecule has 0 bridgehead atoms. The summed E-state index contributed by atoms with van der Waals surface area (Å²) in [6, 6.07) is 5.37. The van der Waals surface area contributed by atoms with Crippen molar-refractivity contribution in [3.8, 4) is 0 Å². The van der Waals surface area contributed by atoms with Crippen molar-refractivity contribution in [1.29, 1.82) is 0 Å². The second-order valence-corrected chi connectivity index (χ2v) is 3.62. The van der Waals surface area contributed by atoms with Crippen LogP contribution in [0.2, 0.25) is 0 Å². The molecule has 5 nitrogen and oxygen atoms in total. The van der Waals surface area contributed by atoms with Crippen molar-refractivity contribution in [2.75, 3.05) is 20.2 Å². The fraction of sp³-hybridized carbons (Fsp3) is 0.273. The number of benzene rings is 1. The fourth-order valence-corrected chi connectivity index (χ4v) is 1.54. The number of aromatic amines is 1. The lowest BCUT2D eigenvalue weighted by molar-refractivity contribution is 0.0767. The number of nitrogens with one attached hydrogen (secondary N) is 1. The van der Waals surface area contributed by atoms with Gasteiger partial charge in [-0.25, -0.2) is 0 Å². The van der Waals surface area contributed by atoms with Crippen LogP contribution in [0, 0.1) is 0 Å². The zero-order valence-electron chi connectivity index (χ0n) is 8.97. The van der Waals surface area contributed by atoms with Gasteiger partial charge in [-0.2, -0.15) is 5.10 Å². The van der Waals surface area contributed by atoms with Crippen LogP contribution < -0.4 is 0 Å². The van der Waals surface area contributed by atoms with E-state index in [-0.39, 0.29) is 12.5 Å². The maximum Gasteiger partial charge on any atom is 0.253 e. The molecular formula is C11H13N3O2. The summed E-state index contributed by atoms with van der Waals surface area (Å²) in [7, 11) is 1.66. The molecule has 0 unspecified atom stereocenters. The van der Waals surface area contributed by atoms with Gasteiger partial charge in [-0.1, -0.05) is 6.07 Å². The van der Waals surface area contributed by atoms with Gasteiger partial charge in [0.05, 0.1) is 18.3 Å². The maximum absolute atomic E-state index is 11.9. The van der Waals surface area contributed by atoms with Crippen molar-refractivity contribution in [2.45, 2.75) is 0 Å². The zero-order chi connectivity index (χ0) is 11.5. The van der Waals surface area contributed by atoms with Crippen molar-refractivity contribution >= 4 is 16.8 Å². The number of nitrogens with zero attached hydrogens (tertiary/aromatic N) is 2. The van der Waals surface area contributed by atoms with Crippen LogP contribution in [0.15, 0.2) is 24.4 Å². The van der Waals surface area contributed by atoms with E-state index in [0.29, 0.717) is 12.1 Å². The number of carbonyl (C=O) groups excluding carboxylic acids is 1. The van der Waals surface area contributed by atoms with Crippen molar-refractivity contribution in [2.24, 2.45) is 0 Å². The zero-order valence-corrected chi connectivity index (χ0v) is 8.97. The Morgan fingerprint density at radius 1 is 1.56 bits per heavy atom. The Balaban J connectivity index is 2.28. The van der Waals surface area contributed by atoms with E-state index in [4.69, 9.17) is 5.11 Å². The Bertz CT molecular complexity index is 507. The third kappa shape index (κ3) is 1.90. The topological polar surface area (TPSA) is 69.2 Å². The largest absolute Gasteiger partial charge is 0.395 e. The summed E-state index contributed by atoms with van der Waals surface area (Å²) in [5.41, 5.74) is 1.43. The molecule has 16 heavy (non-hydrogen) atoms. The van der Waals surface area contributed by atoms with Crippen molar-refractivity contribution in [3.05, 3.63) is 30.0 Å². The number of aliphatic hydroxyl groups excluding tert-OH is 1. The standard InChI is InChI=1S/C11H13N3O2/c1-14(4-5-15)11(16)8-2-3-9-7-12-13-10(9)6-8/h2-3,6-7,15H,4-5H2,1H3,(H,12,13). The summed E-state index contributed by atoms with van der Waals surface area (Å²) < 4.78 is 0. The average Bonchev–Trinajstić information content (AvgIpc) is 2.75. The van der Waals surface area contributed by atoms with Gasteiger partial charge in [0, 0.05) is 24.5 Å². The molecular weight excluding hydrogens is 206 g/mol. The first kappa shape index (κ1) is 10.6. The quantitative estimate of drug-likeness (QED) is 0.795. The van der Waals surface area contributed by atoms with Gasteiger partial charge in [0.2, 0.25) is 0 Å². The number of hydrogen-bond donors (Lipinski definition) is 2. The SMILES string of the molecule is CN(CCO)C(=O)c1ccc2cn[nH]c2c1. The lowest BCUT2D eigenvalue weighted by Gasteiger charge is -2.15. The monoisotopic (exact) mass is 219 g/mol. The van der Waals surface area contributed by atoms with Gasteiger partial charge in [-0.15, -0.1) is 0 Å². The molecule has 0 atom stereocenters. The predicted molar refractivity (Wildman–Crippen MR) is 60.1 cm³/mol. The first-order valence-corrected chi connectivity index (χ1v) is 5.02. The smallest absolute Gasteiger partial charge is 0.253 e. The highest BCUT2D eigenvalue weighted by Gasteiger charge is 2.11. The minimum Gasteiger partial charge on any atom is -0.395 e. The number of amides is 1. The van der Waals surface area contributed by atoms with Gasteiger partial charge in [-0.3, -0.25) is 9.89 Å². The Kier molecular flexibility index (Phi) is 2.87. The highest BCUT2D eigenvalue weighted by molar-refractivity contribution is 5.97. The molecule has 0 saturated heterocycles. The molecule has 2 rings (SSSR count). The number of hydrogen-bond acceptors (Lipinski definition) is 3. The lowest BCUT2D eigenvalue weighted by atomic mass is 10.1. The van der Waals surface area contributed by atoms with E-state index >= 15 is 0 Å². The Labute approximate surface area is 92.7 Å². The molecule has 0 aliphatic rings. The Hall–Kier alpha value is -1.88. The number of rotatable bonds is 3. The summed E-state index contributed by atoms with van der Waals surface area (Å²) in [6.45, 7) is 0.300. The molecule has 1 aromatic heterocycles. The van der Waals surface area contributed by atoms with Crippen LogP contribution in [-0.4, -0.2) is 46.3 Å². The number of H-pyrrole nitrogens is 1. The van der Waals surface area contributed by atoms with Crippen LogP contribution in [0.5, 0.6) is 0 Å². The molecule has 1 aromatic carbocycles. The first-order valence-electron chi connectivity index (χ1n) is 5.02. The fourth-order valence-electron chi connectivity index (χ4n) is 1.54. The van der Waals surface area contributed by atoms with Crippen LogP contribution in [0.1, 0.15) is 10.4 Å². The molecule has 0 aliphatic carbocycles. The van der Waals surface area contributed by atoms with E-state index < -0.39 is 0 Å². The van der Waals surface area contributed by atoms with Gasteiger partial charge in [0.1, 0.15) is 0 Å². The van der Waals surface area contributed by atoms with Crippen molar-refractivity contribution < 1.29 is 9.90 Å². The van der Waals surface area contributed by atoms with Crippen LogP contribution in [0.4, 0.5) is 0 Å². The predicted octanol–water partition coefficient (Wildman–Crippen LogP) is 0.627. The minimum atomic E-state index is -0.106. The third-order valence-corrected chi connectivity index (χ3v) is 2.47. The van der Waals surface area contributed by atoms with Gasteiger partial charge in [-0.05, 0) is 12.1 Å². The van der Waals surface area contributed by atoms with Crippen molar-refractivity contribution in [3.63, 3.8) is 0 Å². The van der Waals surface area contributed by atoms with E-state index in [1.807, 2.05) is 6.07 Å². The number of aliphatic hydroxyl groups is 1. The first-order chi connectivity index (χ1) is 7.72. The molecule has 2 N–H and O–H groups in total. The van der Waals surface area contributed by atoms with E-state index in [1.165, 1.54) is 4.90 Å². The highest BCUT2D eigenvalue weighted by Crippen LogP contribution is 2.13. The van der Waals surface area contributed by atoms with Gasteiger partial charge < -0.3 is 10.0 Å². The summed E-state index contributed by atoms with van der Waals surface area (Å²) in [5.74, 6) is -0.106. The van der Waals surface area contributed by atoms with Crippen LogP contribution in [-0.2, 0) is 0 Å². The third-order valence-electron chi connectivity index (χ3n) is 2.47. The maximum atomic E-state index is 11.9. The Morgan fingerprint density at radius 3 is 3.12 bits per heavy atom. The van der Waals surface area contributed by atoms with Crippen LogP contribution in [0.25, 0.3) is 10.9 Å². The van der Waals surface area contributed by atoms with E-state index in [1.54, 1.807) is 25.4 Å². The highest BCUT2D eigenvalue weighted by atomic mass is 16.3. The second-order valence-electron chi connectivity index (χ2n) is 3.62. The second kappa shape index (κ2) is 4.32. The van der Waals surface area contributed by atoms with Gasteiger partial charge in [0.15, 0.2) is 0 Å². The van der Waals surface area contributed by atoms with Crippen LogP contribution in [0.3, 0.4) is 0 Å². The molecule has 0 aliphatic heterocycles. The molecule has 1 amide bonds. The Morgan fingerprint density at radius 2 is 2.38 bits per heavy atom. The van der Waals surface area contributed by atoms with Crippen LogP contribution >= 0.6 is 0 Å². The van der Waals surface area contributed by atoms with E-state index in [0.717, 1.165) is 10.9 Å². The number of fused-ring (bicyclic) bond motifs is 1. The number of carbonyl (C=O) groups is 1. The average molecular weight is 219 g/mol. The minimum absolute atomic E-state index is 0.0332. The van der Waals surface area contributed by atoms with E-state index in [2.05, 4.69) is 10.2 Å². The summed E-state index contributed by atoms with van der Waals surface area (Å²) >= 11 is 0. The number of likely N-dealkylation sites (N-methyl/N-ethyl adjacent to an activating group) is 1. The molecule has 5 heteroatoms. The molecule has 84 valence electrons. The van der Waals surface area contributed by atoms with Gasteiger partial charge in [0.25, 0.3) is 5.91 Å². The van der Waals surface area contributed by atoms with E-state index in [9.17, 15) is 4.79 Å². The normalized spacial score (nSPS) is 10.6. The molecule has 0 radical (unpaired) electrons. The summed E-state index contributed by atoms with van der Waals surface area (Å²) in [4.78, 5) is 13.4. The molecule has 1 heterocycles.